The molecule has 1 aliphatic rings. The molecule has 0 radical (unpaired) electrons. The number of aliphatic hydroxyl groups excluding tert-OH is 1. The molecule has 0 bridgehead atoms. The van der Waals surface area contributed by atoms with Crippen molar-refractivity contribution >= 4 is 11.6 Å². The summed E-state index contributed by atoms with van der Waals surface area (Å²) in [7, 11) is 0. The van der Waals surface area contributed by atoms with Gasteiger partial charge in [-0.25, -0.2) is 0 Å². The van der Waals surface area contributed by atoms with E-state index in [1.807, 2.05) is 20.8 Å². The molecule has 0 aromatic heterocycles. The number of rotatable bonds is 6. The van der Waals surface area contributed by atoms with Gasteiger partial charge in [0.25, 0.3) is 5.91 Å². The van der Waals surface area contributed by atoms with Crippen molar-refractivity contribution in [1.82, 2.24) is 0 Å². The first-order valence-corrected chi connectivity index (χ1v) is 7.54. The Bertz CT molecular complexity index is 515. The summed E-state index contributed by atoms with van der Waals surface area (Å²) in [5.41, 5.74) is 1.40. The van der Waals surface area contributed by atoms with Gasteiger partial charge in [-0.15, -0.1) is 0 Å². The third kappa shape index (κ3) is 2.97. The summed E-state index contributed by atoms with van der Waals surface area (Å²) in [5.74, 6) is 1.17. The van der Waals surface area contributed by atoms with Crippen molar-refractivity contribution in [3.05, 3.63) is 17.7 Å². The monoisotopic (exact) mass is 293 g/mol. The number of ether oxygens (including phenoxy) is 2. The molecule has 0 saturated heterocycles. The number of fused-ring (bicyclic) bond motifs is 1. The second kappa shape index (κ2) is 6.80. The molecule has 1 aliphatic heterocycles. The van der Waals surface area contributed by atoms with Gasteiger partial charge in [-0.3, -0.25) is 4.79 Å². The van der Waals surface area contributed by atoms with E-state index in [4.69, 9.17) is 9.47 Å². The van der Waals surface area contributed by atoms with Crippen LogP contribution in [0.15, 0.2) is 12.1 Å². The summed E-state index contributed by atoms with van der Waals surface area (Å²) in [4.78, 5) is 14.1. The van der Waals surface area contributed by atoms with Gasteiger partial charge in [0.05, 0.1) is 18.9 Å². The standard InChI is InChI=1S/C16H23NO4/c1-4-7-20-14-9-11(10-18)8-12-15(14)21-13(5-2)16(19)17(12)6-3/h8-9,13,18H,4-7,10H2,1-3H3. The average molecular weight is 293 g/mol. The molecule has 1 aromatic carbocycles. The Morgan fingerprint density at radius 3 is 2.67 bits per heavy atom. The van der Waals surface area contributed by atoms with E-state index in [0.717, 1.165) is 6.42 Å². The van der Waals surface area contributed by atoms with Crippen molar-refractivity contribution < 1.29 is 19.4 Å². The molecular formula is C16H23NO4. The van der Waals surface area contributed by atoms with Gasteiger partial charge >= 0.3 is 0 Å². The molecule has 21 heavy (non-hydrogen) atoms. The van der Waals surface area contributed by atoms with Crippen LogP contribution in [0.5, 0.6) is 11.5 Å². The third-order valence-electron chi connectivity index (χ3n) is 3.52. The lowest BCUT2D eigenvalue weighted by Crippen LogP contribution is -2.45. The summed E-state index contributed by atoms with van der Waals surface area (Å²) in [6.07, 6.45) is 1.02. The van der Waals surface area contributed by atoms with Crippen LogP contribution in [0.2, 0.25) is 0 Å². The first kappa shape index (κ1) is 15.6. The van der Waals surface area contributed by atoms with Crippen molar-refractivity contribution in [2.75, 3.05) is 18.1 Å². The number of aliphatic hydroxyl groups is 1. The molecule has 1 N–H and O–H groups in total. The maximum atomic E-state index is 12.4. The largest absolute Gasteiger partial charge is 0.490 e. The molecule has 2 rings (SSSR count). The Morgan fingerprint density at radius 1 is 1.33 bits per heavy atom. The first-order valence-electron chi connectivity index (χ1n) is 7.54. The van der Waals surface area contributed by atoms with Crippen LogP contribution in [0.3, 0.4) is 0 Å². The molecule has 0 spiro atoms. The normalized spacial score (nSPS) is 17.4. The number of anilines is 1. The smallest absolute Gasteiger partial charge is 0.268 e. The fraction of sp³-hybridized carbons (Fsp3) is 0.562. The van der Waals surface area contributed by atoms with Crippen LogP contribution >= 0.6 is 0 Å². The number of carbonyl (C=O) groups excluding carboxylic acids is 1. The lowest BCUT2D eigenvalue weighted by molar-refractivity contribution is -0.126. The molecule has 1 heterocycles. The minimum Gasteiger partial charge on any atom is -0.490 e. The third-order valence-corrected chi connectivity index (χ3v) is 3.52. The van der Waals surface area contributed by atoms with E-state index in [0.29, 0.717) is 42.3 Å². The van der Waals surface area contributed by atoms with E-state index in [1.165, 1.54) is 0 Å². The van der Waals surface area contributed by atoms with Gasteiger partial charge in [0.15, 0.2) is 17.6 Å². The Morgan fingerprint density at radius 2 is 2.10 bits per heavy atom. The number of likely N-dealkylation sites (N-methyl/N-ethyl adjacent to an activating group) is 1. The molecule has 1 amide bonds. The zero-order valence-corrected chi connectivity index (χ0v) is 12.9. The van der Waals surface area contributed by atoms with Crippen LogP contribution < -0.4 is 14.4 Å². The van der Waals surface area contributed by atoms with Crippen LogP contribution in [0.4, 0.5) is 5.69 Å². The van der Waals surface area contributed by atoms with Crippen molar-refractivity contribution in [2.45, 2.75) is 46.3 Å². The second-order valence-electron chi connectivity index (χ2n) is 5.05. The lowest BCUT2D eigenvalue weighted by Gasteiger charge is -2.34. The molecule has 1 unspecified atom stereocenters. The summed E-state index contributed by atoms with van der Waals surface area (Å²) in [6.45, 7) is 6.92. The Labute approximate surface area is 125 Å². The SMILES string of the molecule is CCCOc1cc(CO)cc2c1OC(CC)C(=O)N2CC. The quantitative estimate of drug-likeness (QED) is 0.875. The van der Waals surface area contributed by atoms with E-state index in [9.17, 15) is 9.90 Å². The molecule has 1 aromatic rings. The van der Waals surface area contributed by atoms with E-state index < -0.39 is 6.10 Å². The highest BCUT2D eigenvalue weighted by Crippen LogP contribution is 2.43. The molecule has 116 valence electrons. The van der Waals surface area contributed by atoms with Gasteiger partial charge in [-0.2, -0.15) is 0 Å². The number of benzene rings is 1. The fourth-order valence-corrected chi connectivity index (χ4v) is 2.44. The summed E-state index contributed by atoms with van der Waals surface area (Å²) in [5, 5.41) is 9.41. The summed E-state index contributed by atoms with van der Waals surface area (Å²) < 4.78 is 11.6. The van der Waals surface area contributed by atoms with Crippen molar-refractivity contribution in [3.63, 3.8) is 0 Å². The number of hydrogen-bond donors (Lipinski definition) is 1. The van der Waals surface area contributed by atoms with Crippen molar-refractivity contribution in [3.8, 4) is 11.5 Å². The maximum Gasteiger partial charge on any atom is 0.268 e. The van der Waals surface area contributed by atoms with Crippen LogP contribution in [0, 0.1) is 0 Å². The van der Waals surface area contributed by atoms with Gasteiger partial charge in [0.1, 0.15) is 0 Å². The Hall–Kier alpha value is -1.75. The lowest BCUT2D eigenvalue weighted by atomic mass is 10.1. The van der Waals surface area contributed by atoms with Crippen LogP contribution in [0.1, 0.15) is 39.2 Å². The van der Waals surface area contributed by atoms with E-state index in [2.05, 4.69) is 0 Å². The Balaban J connectivity index is 2.50. The maximum absolute atomic E-state index is 12.4. The predicted molar refractivity (Wildman–Crippen MR) is 80.9 cm³/mol. The van der Waals surface area contributed by atoms with Crippen LogP contribution in [0.25, 0.3) is 0 Å². The van der Waals surface area contributed by atoms with Gasteiger partial charge in [0, 0.05) is 6.54 Å². The molecule has 0 saturated carbocycles. The van der Waals surface area contributed by atoms with Gasteiger partial charge < -0.3 is 19.5 Å². The van der Waals surface area contributed by atoms with Crippen LogP contribution in [-0.4, -0.2) is 30.3 Å². The summed E-state index contributed by atoms with van der Waals surface area (Å²) >= 11 is 0. The zero-order valence-electron chi connectivity index (χ0n) is 12.9. The highest BCUT2D eigenvalue weighted by molar-refractivity contribution is 6.00. The second-order valence-corrected chi connectivity index (χ2v) is 5.05. The number of nitrogens with zero attached hydrogens (tertiary/aromatic N) is 1. The Kier molecular flexibility index (Phi) is 5.07. The number of hydrogen-bond acceptors (Lipinski definition) is 4. The van der Waals surface area contributed by atoms with Crippen LogP contribution in [-0.2, 0) is 11.4 Å². The highest BCUT2D eigenvalue weighted by atomic mass is 16.5. The fourth-order valence-electron chi connectivity index (χ4n) is 2.44. The molecule has 1 atom stereocenters. The molecule has 0 aliphatic carbocycles. The van der Waals surface area contributed by atoms with Gasteiger partial charge in [-0.05, 0) is 37.5 Å². The minimum absolute atomic E-state index is 0.0379. The minimum atomic E-state index is -0.471. The predicted octanol–water partition coefficient (Wildman–Crippen LogP) is 2.49. The van der Waals surface area contributed by atoms with Crippen molar-refractivity contribution in [1.29, 1.82) is 0 Å². The molecule has 0 fully saturated rings. The highest BCUT2D eigenvalue weighted by Gasteiger charge is 2.34. The van der Waals surface area contributed by atoms with E-state index in [1.54, 1.807) is 17.0 Å². The van der Waals surface area contributed by atoms with E-state index in [-0.39, 0.29) is 12.5 Å². The molecular weight excluding hydrogens is 270 g/mol. The average Bonchev–Trinajstić information content (AvgIpc) is 2.51. The molecule has 5 nitrogen and oxygen atoms in total. The van der Waals surface area contributed by atoms with E-state index >= 15 is 0 Å². The van der Waals surface area contributed by atoms with Gasteiger partial charge in [0.2, 0.25) is 0 Å². The number of carbonyl (C=O) groups is 1. The number of amides is 1. The topological polar surface area (TPSA) is 59.0 Å². The first-order chi connectivity index (χ1) is 10.2. The van der Waals surface area contributed by atoms with Gasteiger partial charge in [-0.1, -0.05) is 13.8 Å². The molecule has 5 heteroatoms. The summed E-state index contributed by atoms with van der Waals surface area (Å²) in [6, 6.07) is 3.58. The van der Waals surface area contributed by atoms with Crippen molar-refractivity contribution in [2.24, 2.45) is 0 Å². The zero-order chi connectivity index (χ0) is 15.4.